The Morgan fingerprint density at radius 1 is 1.00 bits per heavy atom. The van der Waals surface area contributed by atoms with E-state index < -0.39 is 5.79 Å². The van der Waals surface area contributed by atoms with Crippen LogP contribution in [0.3, 0.4) is 0 Å². The first kappa shape index (κ1) is 19.8. The second kappa shape index (κ2) is 7.93. The number of rotatable bonds is 3. The number of benzene rings is 1. The third-order valence-electron chi connectivity index (χ3n) is 6.98. The first-order chi connectivity index (χ1) is 15.7. The molecule has 164 valence electrons. The quantitative estimate of drug-likeness (QED) is 0.554. The summed E-state index contributed by atoms with van der Waals surface area (Å²) < 4.78 is 14.0. The zero-order valence-corrected chi connectivity index (χ0v) is 18.5. The summed E-state index contributed by atoms with van der Waals surface area (Å²) in [5.41, 5.74) is 3.36. The Labute approximate surface area is 192 Å². The predicted octanol–water partition coefficient (Wildman–Crippen LogP) is 5.15. The van der Waals surface area contributed by atoms with Crippen LogP contribution in [0, 0.1) is 5.92 Å². The molecule has 0 unspecified atom stereocenters. The fourth-order valence-electron chi connectivity index (χ4n) is 5.42. The first-order valence-electron chi connectivity index (χ1n) is 11.3. The zero-order valence-electron chi connectivity index (χ0n) is 17.8. The minimum Gasteiger partial charge on any atom is -0.456 e. The molecule has 4 heterocycles. The smallest absolute Gasteiger partial charge is 0.260 e. The number of nitrogens with zero attached hydrogens (tertiary/aromatic N) is 4. The van der Waals surface area contributed by atoms with Crippen molar-refractivity contribution in [3.05, 3.63) is 83.0 Å². The van der Waals surface area contributed by atoms with Gasteiger partial charge in [0.2, 0.25) is 0 Å². The molecule has 3 aromatic rings. The van der Waals surface area contributed by atoms with E-state index in [0.29, 0.717) is 29.7 Å². The van der Waals surface area contributed by atoms with Gasteiger partial charge in [-0.15, -0.1) is 10.2 Å². The SMILES string of the molecule is Clc1ccc2c(c1)CC1(Cc3nnc(C4CCC(Cc5ccccn5)CC4)n3-2)OC=CO1. The van der Waals surface area contributed by atoms with E-state index in [1.54, 1.807) is 12.5 Å². The van der Waals surface area contributed by atoms with Crippen molar-refractivity contribution >= 4 is 11.6 Å². The highest BCUT2D eigenvalue weighted by Crippen LogP contribution is 2.41. The van der Waals surface area contributed by atoms with Crippen molar-refractivity contribution in [3.63, 3.8) is 0 Å². The van der Waals surface area contributed by atoms with Gasteiger partial charge in [0.1, 0.15) is 24.2 Å². The van der Waals surface area contributed by atoms with Crippen molar-refractivity contribution in [2.75, 3.05) is 0 Å². The van der Waals surface area contributed by atoms with Crippen LogP contribution in [0.2, 0.25) is 5.02 Å². The lowest BCUT2D eigenvalue weighted by atomic mass is 9.79. The average molecular weight is 449 g/mol. The van der Waals surface area contributed by atoms with Gasteiger partial charge in [-0.05, 0) is 73.9 Å². The molecule has 6 nitrogen and oxygen atoms in total. The third kappa shape index (κ3) is 3.56. The molecule has 7 heteroatoms. The lowest BCUT2D eigenvalue weighted by molar-refractivity contribution is -0.139. The molecular formula is C25H25ClN4O2. The van der Waals surface area contributed by atoms with Crippen LogP contribution in [0.25, 0.3) is 5.69 Å². The first-order valence-corrected chi connectivity index (χ1v) is 11.7. The number of hydrogen-bond donors (Lipinski definition) is 0. The summed E-state index contributed by atoms with van der Waals surface area (Å²) in [4.78, 5) is 4.51. The molecule has 1 saturated carbocycles. The van der Waals surface area contributed by atoms with Crippen molar-refractivity contribution in [3.8, 4) is 5.69 Å². The standard InChI is InChI=1S/C25H25ClN4O2/c26-20-8-9-22-19(14-20)15-25(31-11-12-32-25)16-23-28-29-24(30(22)23)18-6-4-17(5-7-18)13-21-3-1-2-10-27-21/h1-3,8-12,14,17-18H,4-7,13,15-16H2. The van der Waals surface area contributed by atoms with E-state index >= 15 is 0 Å². The van der Waals surface area contributed by atoms with E-state index in [1.165, 1.54) is 18.5 Å². The number of aromatic nitrogens is 4. The molecule has 1 spiro atoms. The van der Waals surface area contributed by atoms with Gasteiger partial charge in [0.25, 0.3) is 5.79 Å². The highest BCUT2D eigenvalue weighted by Gasteiger charge is 2.42. The lowest BCUT2D eigenvalue weighted by Crippen LogP contribution is -2.35. The minimum absolute atomic E-state index is 0.386. The van der Waals surface area contributed by atoms with Crippen molar-refractivity contribution < 1.29 is 9.47 Å². The molecule has 0 saturated heterocycles. The predicted molar refractivity (Wildman–Crippen MR) is 120 cm³/mol. The van der Waals surface area contributed by atoms with Crippen molar-refractivity contribution in [2.24, 2.45) is 5.92 Å². The van der Waals surface area contributed by atoms with Crippen LogP contribution in [0.5, 0.6) is 0 Å². The minimum atomic E-state index is -0.779. The zero-order chi connectivity index (χ0) is 21.5. The molecule has 0 bridgehead atoms. The summed E-state index contributed by atoms with van der Waals surface area (Å²) in [7, 11) is 0. The number of pyridine rings is 1. The summed E-state index contributed by atoms with van der Waals surface area (Å²) in [6.07, 6.45) is 11.9. The van der Waals surface area contributed by atoms with Crippen LogP contribution in [0.1, 0.15) is 54.5 Å². The molecule has 3 aliphatic rings. The highest BCUT2D eigenvalue weighted by atomic mass is 35.5. The van der Waals surface area contributed by atoms with E-state index in [9.17, 15) is 0 Å². The Hall–Kier alpha value is -2.86. The van der Waals surface area contributed by atoms with Gasteiger partial charge in [0, 0.05) is 22.8 Å². The molecule has 6 rings (SSSR count). The normalized spacial score (nSPS) is 23.2. The Bertz CT molecular complexity index is 1140. The monoisotopic (exact) mass is 448 g/mol. The van der Waals surface area contributed by atoms with Crippen molar-refractivity contribution in [2.45, 2.75) is 56.7 Å². The Kier molecular flexibility index (Phi) is 4.90. The van der Waals surface area contributed by atoms with E-state index in [-0.39, 0.29) is 0 Å². The van der Waals surface area contributed by atoms with Crippen LogP contribution in [0.4, 0.5) is 0 Å². The molecule has 1 aliphatic carbocycles. The van der Waals surface area contributed by atoms with Gasteiger partial charge in [0.05, 0.1) is 18.5 Å². The summed E-state index contributed by atoms with van der Waals surface area (Å²) in [5.74, 6) is 2.20. The fraction of sp³-hybridized carbons (Fsp3) is 0.400. The molecular weight excluding hydrogens is 424 g/mol. The molecule has 2 aliphatic heterocycles. The molecule has 32 heavy (non-hydrogen) atoms. The lowest BCUT2D eigenvalue weighted by Gasteiger charge is -2.28. The summed E-state index contributed by atoms with van der Waals surface area (Å²) in [6.45, 7) is 0. The fourth-order valence-corrected chi connectivity index (χ4v) is 5.61. The van der Waals surface area contributed by atoms with E-state index in [0.717, 1.165) is 42.2 Å². The van der Waals surface area contributed by atoms with Crippen LogP contribution >= 0.6 is 11.6 Å². The van der Waals surface area contributed by atoms with Crippen LogP contribution in [-0.4, -0.2) is 25.5 Å². The van der Waals surface area contributed by atoms with Crippen LogP contribution < -0.4 is 0 Å². The Balaban J connectivity index is 1.28. The van der Waals surface area contributed by atoms with Gasteiger partial charge >= 0.3 is 0 Å². The summed E-state index contributed by atoms with van der Waals surface area (Å²) >= 11 is 6.35. The maximum absolute atomic E-state index is 6.35. The van der Waals surface area contributed by atoms with Crippen molar-refractivity contribution in [1.82, 2.24) is 19.7 Å². The van der Waals surface area contributed by atoms with E-state index in [2.05, 4.69) is 37.9 Å². The number of ether oxygens (including phenoxy) is 2. The van der Waals surface area contributed by atoms with Gasteiger partial charge < -0.3 is 9.47 Å². The highest BCUT2D eigenvalue weighted by molar-refractivity contribution is 6.30. The number of halogens is 1. The largest absolute Gasteiger partial charge is 0.456 e. The van der Waals surface area contributed by atoms with Crippen molar-refractivity contribution in [1.29, 1.82) is 0 Å². The van der Waals surface area contributed by atoms with E-state index in [1.807, 2.05) is 24.4 Å². The van der Waals surface area contributed by atoms with Crippen LogP contribution in [-0.2, 0) is 28.7 Å². The molecule has 0 N–H and O–H groups in total. The maximum atomic E-state index is 6.35. The maximum Gasteiger partial charge on any atom is 0.260 e. The van der Waals surface area contributed by atoms with Gasteiger partial charge in [-0.1, -0.05) is 17.7 Å². The molecule has 0 radical (unpaired) electrons. The molecule has 1 aromatic carbocycles. The molecule has 2 aromatic heterocycles. The topological polar surface area (TPSA) is 62.1 Å². The summed E-state index contributed by atoms with van der Waals surface area (Å²) in [5, 5.41) is 9.99. The number of fused-ring (bicyclic) bond motifs is 3. The molecule has 0 atom stereocenters. The Morgan fingerprint density at radius 2 is 1.84 bits per heavy atom. The third-order valence-corrected chi connectivity index (χ3v) is 7.22. The van der Waals surface area contributed by atoms with Gasteiger partial charge in [0.15, 0.2) is 0 Å². The Morgan fingerprint density at radius 3 is 2.62 bits per heavy atom. The summed E-state index contributed by atoms with van der Waals surface area (Å²) in [6, 6.07) is 12.2. The second-order valence-electron chi connectivity index (χ2n) is 9.10. The van der Waals surface area contributed by atoms with E-state index in [4.69, 9.17) is 21.1 Å². The van der Waals surface area contributed by atoms with Gasteiger partial charge in [-0.3, -0.25) is 9.55 Å². The molecule has 1 fully saturated rings. The van der Waals surface area contributed by atoms with Gasteiger partial charge in [-0.25, -0.2) is 0 Å². The second-order valence-corrected chi connectivity index (χ2v) is 9.53. The van der Waals surface area contributed by atoms with Crippen LogP contribution in [0.15, 0.2) is 55.1 Å². The van der Waals surface area contributed by atoms with Gasteiger partial charge in [-0.2, -0.15) is 0 Å². The average Bonchev–Trinajstić information content (AvgIpc) is 3.40. The molecule has 0 amide bonds. The number of hydrogen-bond acceptors (Lipinski definition) is 5.